The number of aryl methyl sites for hydroxylation is 1. The predicted octanol–water partition coefficient (Wildman–Crippen LogP) is 2.97. The number of carboxylic acids is 1. The normalized spacial score (nSPS) is 12.1. The molecule has 2 aromatic heterocycles. The van der Waals surface area contributed by atoms with E-state index in [1.165, 1.54) is 6.07 Å². The van der Waals surface area contributed by atoms with Crippen molar-refractivity contribution in [3.8, 4) is 0 Å². The number of nitrogens with zero attached hydrogens (tertiary/aromatic N) is 2. The number of hydrogen-bond acceptors (Lipinski definition) is 5. The Morgan fingerprint density at radius 3 is 2.89 bits per heavy atom. The van der Waals surface area contributed by atoms with Crippen molar-refractivity contribution in [2.45, 2.75) is 26.3 Å². The highest BCUT2D eigenvalue weighted by Crippen LogP contribution is 2.20. The summed E-state index contributed by atoms with van der Waals surface area (Å²) in [5.74, 6) is -0.489. The molecule has 19 heavy (non-hydrogen) atoms. The topological polar surface area (TPSA) is 75.1 Å². The van der Waals surface area contributed by atoms with E-state index >= 15 is 0 Å². The number of thiazole rings is 1. The molecule has 1 unspecified atom stereocenters. The maximum atomic E-state index is 10.9. The van der Waals surface area contributed by atoms with Crippen LogP contribution in [0.3, 0.4) is 0 Å². The quantitative estimate of drug-likeness (QED) is 0.878. The van der Waals surface area contributed by atoms with Crippen LogP contribution in [0.15, 0.2) is 23.6 Å². The average Bonchev–Trinajstić information content (AvgIpc) is 2.88. The van der Waals surface area contributed by atoms with Crippen molar-refractivity contribution in [2.24, 2.45) is 0 Å². The van der Waals surface area contributed by atoms with Crippen molar-refractivity contribution in [3.63, 3.8) is 0 Å². The van der Waals surface area contributed by atoms with Crippen LogP contribution in [0, 0.1) is 0 Å². The number of rotatable bonds is 5. The lowest BCUT2D eigenvalue weighted by atomic mass is 10.2. The van der Waals surface area contributed by atoms with Crippen LogP contribution in [0.2, 0.25) is 0 Å². The fourth-order valence-electron chi connectivity index (χ4n) is 1.62. The number of carboxylic acid groups (broad SMARTS) is 1. The SMILES string of the molecule is CCc1nc(C(C)Nc2cccc(C(=O)O)n2)cs1. The highest BCUT2D eigenvalue weighted by molar-refractivity contribution is 7.09. The zero-order valence-corrected chi connectivity index (χ0v) is 11.6. The van der Waals surface area contributed by atoms with Gasteiger partial charge in [-0.25, -0.2) is 14.8 Å². The Bertz CT molecular complexity index is 583. The zero-order valence-electron chi connectivity index (χ0n) is 10.8. The van der Waals surface area contributed by atoms with Gasteiger partial charge in [0.15, 0.2) is 5.69 Å². The van der Waals surface area contributed by atoms with Gasteiger partial charge in [0, 0.05) is 5.38 Å². The number of aromatic nitrogens is 2. The summed E-state index contributed by atoms with van der Waals surface area (Å²) in [7, 11) is 0. The minimum atomic E-state index is -1.03. The summed E-state index contributed by atoms with van der Waals surface area (Å²) < 4.78 is 0. The van der Waals surface area contributed by atoms with Crippen molar-refractivity contribution in [2.75, 3.05) is 5.32 Å². The number of pyridine rings is 1. The van der Waals surface area contributed by atoms with Crippen molar-refractivity contribution >= 4 is 23.1 Å². The minimum Gasteiger partial charge on any atom is -0.477 e. The van der Waals surface area contributed by atoms with Crippen LogP contribution in [0.1, 0.15) is 41.1 Å². The van der Waals surface area contributed by atoms with Gasteiger partial charge in [0.25, 0.3) is 0 Å². The average molecular weight is 277 g/mol. The molecule has 0 aliphatic rings. The van der Waals surface area contributed by atoms with Crippen LogP contribution in [0.5, 0.6) is 0 Å². The van der Waals surface area contributed by atoms with Gasteiger partial charge in [0.05, 0.1) is 16.7 Å². The summed E-state index contributed by atoms with van der Waals surface area (Å²) in [4.78, 5) is 19.4. The molecule has 2 N–H and O–H groups in total. The number of carbonyl (C=O) groups is 1. The maximum Gasteiger partial charge on any atom is 0.354 e. The molecule has 0 bridgehead atoms. The molecule has 0 spiro atoms. The van der Waals surface area contributed by atoms with E-state index in [0.29, 0.717) is 5.82 Å². The number of nitrogens with one attached hydrogen (secondary N) is 1. The molecule has 0 radical (unpaired) electrons. The molecule has 5 nitrogen and oxygen atoms in total. The van der Waals surface area contributed by atoms with Gasteiger partial charge in [-0.05, 0) is 25.5 Å². The molecule has 0 fully saturated rings. The third-order valence-electron chi connectivity index (χ3n) is 2.65. The van der Waals surface area contributed by atoms with Gasteiger partial charge in [0.1, 0.15) is 5.82 Å². The molecule has 100 valence electrons. The molecular weight excluding hydrogens is 262 g/mol. The van der Waals surface area contributed by atoms with E-state index in [-0.39, 0.29) is 11.7 Å². The van der Waals surface area contributed by atoms with Crippen LogP contribution >= 0.6 is 11.3 Å². The number of anilines is 1. The van der Waals surface area contributed by atoms with E-state index in [0.717, 1.165) is 17.1 Å². The summed E-state index contributed by atoms with van der Waals surface area (Å²) in [6.07, 6.45) is 0.921. The van der Waals surface area contributed by atoms with Gasteiger partial charge in [-0.2, -0.15) is 0 Å². The monoisotopic (exact) mass is 277 g/mol. The van der Waals surface area contributed by atoms with E-state index in [1.54, 1.807) is 23.5 Å². The van der Waals surface area contributed by atoms with Gasteiger partial charge in [-0.1, -0.05) is 13.0 Å². The van der Waals surface area contributed by atoms with Crippen molar-refractivity contribution in [1.82, 2.24) is 9.97 Å². The van der Waals surface area contributed by atoms with Crippen LogP contribution in [-0.4, -0.2) is 21.0 Å². The van der Waals surface area contributed by atoms with Crippen molar-refractivity contribution < 1.29 is 9.90 Å². The van der Waals surface area contributed by atoms with Gasteiger partial charge >= 0.3 is 5.97 Å². The van der Waals surface area contributed by atoms with Crippen LogP contribution in [0.25, 0.3) is 0 Å². The number of hydrogen-bond donors (Lipinski definition) is 2. The summed E-state index contributed by atoms with van der Waals surface area (Å²) in [5, 5.41) is 15.2. The van der Waals surface area contributed by atoms with Crippen LogP contribution in [-0.2, 0) is 6.42 Å². The molecular formula is C13H15N3O2S. The van der Waals surface area contributed by atoms with Gasteiger partial charge in [0.2, 0.25) is 0 Å². The molecule has 0 aliphatic carbocycles. The Morgan fingerprint density at radius 1 is 1.47 bits per heavy atom. The van der Waals surface area contributed by atoms with Crippen LogP contribution in [0.4, 0.5) is 5.82 Å². The Hall–Kier alpha value is -1.95. The molecule has 6 heteroatoms. The van der Waals surface area contributed by atoms with Gasteiger partial charge < -0.3 is 10.4 Å². The Labute approximate surface area is 115 Å². The number of aromatic carboxylic acids is 1. The lowest BCUT2D eigenvalue weighted by molar-refractivity contribution is 0.0690. The summed E-state index contributed by atoms with van der Waals surface area (Å²) in [6, 6.07) is 4.88. The van der Waals surface area contributed by atoms with E-state index in [9.17, 15) is 4.79 Å². The van der Waals surface area contributed by atoms with E-state index in [1.807, 2.05) is 12.3 Å². The van der Waals surface area contributed by atoms with E-state index in [4.69, 9.17) is 5.11 Å². The van der Waals surface area contributed by atoms with Crippen molar-refractivity contribution in [1.29, 1.82) is 0 Å². The first-order valence-corrected chi connectivity index (χ1v) is 6.89. The lowest BCUT2D eigenvalue weighted by Gasteiger charge is -2.12. The molecule has 0 saturated carbocycles. The highest BCUT2D eigenvalue weighted by Gasteiger charge is 2.11. The van der Waals surface area contributed by atoms with Gasteiger partial charge in [-0.3, -0.25) is 0 Å². The van der Waals surface area contributed by atoms with Crippen LogP contribution < -0.4 is 5.32 Å². The fourth-order valence-corrected chi connectivity index (χ4v) is 2.45. The predicted molar refractivity (Wildman–Crippen MR) is 74.7 cm³/mol. The van der Waals surface area contributed by atoms with E-state index in [2.05, 4.69) is 22.2 Å². The summed E-state index contributed by atoms with van der Waals surface area (Å²) in [5.41, 5.74) is 0.981. The lowest BCUT2D eigenvalue weighted by Crippen LogP contribution is -2.10. The largest absolute Gasteiger partial charge is 0.477 e. The second kappa shape index (κ2) is 5.79. The first-order valence-electron chi connectivity index (χ1n) is 6.01. The smallest absolute Gasteiger partial charge is 0.354 e. The Balaban J connectivity index is 2.12. The Kier molecular flexibility index (Phi) is 4.11. The van der Waals surface area contributed by atoms with E-state index < -0.39 is 5.97 Å². The molecule has 0 aliphatic heterocycles. The summed E-state index contributed by atoms with van der Waals surface area (Å²) >= 11 is 1.63. The molecule has 0 aromatic carbocycles. The zero-order chi connectivity index (χ0) is 13.8. The van der Waals surface area contributed by atoms with Gasteiger partial charge in [-0.15, -0.1) is 11.3 Å². The second-order valence-corrected chi connectivity index (χ2v) is 5.04. The Morgan fingerprint density at radius 2 is 2.26 bits per heavy atom. The second-order valence-electron chi connectivity index (χ2n) is 4.10. The molecule has 2 heterocycles. The first kappa shape index (κ1) is 13.5. The highest BCUT2D eigenvalue weighted by atomic mass is 32.1. The maximum absolute atomic E-state index is 10.9. The third-order valence-corrected chi connectivity index (χ3v) is 3.66. The third kappa shape index (κ3) is 3.29. The molecule has 1 atom stereocenters. The van der Waals surface area contributed by atoms with Crippen molar-refractivity contribution in [3.05, 3.63) is 40.0 Å². The molecule has 2 aromatic rings. The fraction of sp³-hybridized carbons (Fsp3) is 0.308. The first-order chi connectivity index (χ1) is 9.10. The standard InChI is InChI=1S/C13H15N3O2S/c1-3-12-16-10(7-19-12)8(2)14-11-6-4-5-9(15-11)13(17)18/h4-8H,3H2,1-2H3,(H,14,15)(H,17,18). The molecule has 0 amide bonds. The molecule has 0 saturated heterocycles. The minimum absolute atomic E-state index is 0.00639. The molecule has 2 rings (SSSR count). The summed E-state index contributed by atoms with van der Waals surface area (Å²) in [6.45, 7) is 4.04.